The first-order chi connectivity index (χ1) is 12.3. The van der Waals surface area contributed by atoms with E-state index in [2.05, 4.69) is 54.6 Å². The minimum Gasteiger partial charge on any atom is -0.387 e. The summed E-state index contributed by atoms with van der Waals surface area (Å²) < 4.78 is 5.75. The molecule has 2 aliphatic rings. The number of fused-ring (bicyclic) bond motifs is 10. The highest BCUT2D eigenvalue weighted by Crippen LogP contribution is 2.54. The molecular weight excluding hydrogens is 312 g/mol. The van der Waals surface area contributed by atoms with E-state index in [0.29, 0.717) is 0 Å². The van der Waals surface area contributed by atoms with E-state index < -0.39 is 12.2 Å². The van der Waals surface area contributed by atoms with E-state index >= 15 is 0 Å². The zero-order chi connectivity index (χ0) is 16.7. The molecule has 0 amide bonds. The minimum atomic E-state index is -0.895. The zero-order valence-electron chi connectivity index (χ0n) is 13.4. The van der Waals surface area contributed by atoms with E-state index in [4.69, 9.17) is 4.74 Å². The van der Waals surface area contributed by atoms with Crippen molar-refractivity contribution in [3.05, 3.63) is 71.8 Å². The molecule has 2 N–H and O–H groups in total. The Morgan fingerprint density at radius 1 is 0.680 bits per heavy atom. The van der Waals surface area contributed by atoms with Crippen LogP contribution in [0, 0.1) is 0 Å². The van der Waals surface area contributed by atoms with Crippen LogP contribution in [0.25, 0.3) is 32.3 Å². The number of rotatable bonds is 0. The third kappa shape index (κ3) is 1.65. The van der Waals surface area contributed by atoms with Gasteiger partial charge in [-0.25, -0.2) is 0 Å². The minimum absolute atomic E-state index is 0.123. The third-order valence-corrected chi connectivity index (χ3v) is 5.77. The van der Waals surface area contributed by atoms with Crippen molar-refractivity contribution >= 4 is 32.3 Å². The average molecular weight is 328 g/mol. The van der Waals surface area contributed by atoms with Gasteiger partial charge in [0.2, 0.25) is 0 Å². The highest BCUT2D eigenvalue weighted by molar-refractivity contribution is 6.26. The van der Waals surface area contributed by atoms with Crippen LogP contribution in [-0.2, 0) is 4.74 Å². The van der Waals surface area contributed by atoms with Crippen LogP contribution in [0.5, 0.6) is 0 Å². The van der Waals surface area contributed by atoms with Crippen LogP contribution in [0.2, 0.25) is 0 Å². The third-order valence-electron chi connectivity index (χ3n) is 5.77. The van der Waals surface area contributed by atoms with Gasteiger partial charge < -0.3 is 14.9 Å². The lowest BCUT2D eigenvalue weighted by Crippen LogP contribution is -2.29. The molecule has 0 radical (unpaired) electrons. The molecule has 25 heavy (non-hydrogen) atoms. The quantitative estimate of drug-likeness (QED) is 0.379. The first-order valence-electron chi connectivity index (χ1n) is 8.63. The van der Waals surface area contributed by atoms with Gasteiger partial charge in [0.1, 0.15) is 24.4 Å². The topological polar surface area (TPSA) is 53.0 Å². The van der Waals surface area contributed by atoms with Gasteiger partial charge in [-0.3, -0.25) is 0 Å². The van der Waals surface area contributed by atoms with E-state index in [-0.39, 0.29) is 12.2 Å². The SMILES string of the molecule is O[C@H]1[C@H]2O[C@H]2c2c(ccc3c4ccccc4c4ccccc4c23)[C@@H]1O. The summed E-state index contributed by atoms with van der Waals surface area (Å²) in [6.07, 6.45) is -2.16. The molecule has 1 aliphatic heterocycles. The zero-order valence-corrected chi connectivity index (χ0v) is 13.4. The Morgan fingerprint density at radius 3 is 1.92 bits per heavy atom. The van der Waals surface area contributed by atoms with Crippen molar-refractivity contribution in [2.75, 3.05) is 0 Å². The molecule has 1 fully saturated rings. The molecule has 4 aromatic rings. The summed E-state index contributed by atoms with van der Waals surface area (Å²) in [4.78, 5) is 0. The molecule has 1 heterocycles. The van der Waals surface area contributed by atoms with Crippen LogP contribution in [0.1, 0.15) is 23.3 Å². The summed E-state index contributed by atoms with van der Waals surface area (Å²) >= 11 is 0. The molecule has 3 nitrogen and oxygen atoms in total. The van der Waals surface area contributed by atoms with Crippen LogP contribution >= 0.6 is 0 Å². The summed E-state index contributed by atoms with van der Waals surface area (Å²) in [7, 11) is 0. The number of aliphatic hydroxyl groups excluding tert-OH is 2. The number of ether oxygens (including phenoxy) is 1. The predicted octanol–water partition coefficient (Wildman–Crippen LogP) is 3.99. The van der Waals surface area contributed by atoms with Gasteiger partial charge in [0, 0.05) is 0 Å². The Kier molecular flexibility index (Phi) is 2.53. The lowest BCUT2D eigenvalue weighted by atomic mass is 9.81. The van der Waals surface area contributed by atoms with Crippen LogP contribution in [0.15, 0.2) is 60.7 Å². The molecule has 0 saturated carbocycles. The number of hydrogen-bond acceptors (Lipinski definition) is 3. The lowest BCUT2D eigenvalue weighted by Gasteiger charge is -2.25. The van der Waals surface area contributed by atoms with Gasteiger partial charge in [0.05, 0.1) is 0 Å². The molecule has 4 aromatic carbocycles. The molecule has 3 heteroatoms. The van der Waals surface area contributed by atoms with Gasteiger partial charge in [-0.15, -0.1) is 0 Å². The van der Waals surface area contributed by atoms with Crippen LogP contribution < -0.4 is 0 Å². The Balaban J connectivity index is 1.88. The van der Waals surface area contributed by atoms with Gasteiger partial charge in [-0.05, 0) is 43.4 Å². The van der Waals surface area contributed by atoms with E-state index in [1.807, 2.05) is 6.07 Å². The summed E-state index contributed by atoms with van der Waals surface area (Å²) in [6.45, 7) is 0. The molecule has 1 aliphatic carbocycles. The molecule has 6 rings (SSSR count). The Hall–Kier alpha value is -2.46. The summed E-state index contributed by atoms with van der Waals surface area (Å²) in [6, 6.07) is 20.9. The van der Waals surface area contributed by atoms with Crippen molar-refractivity contribution in [3.63, 3.8) is 0 Å². The number of hydrogen-bond donors (Lipinski definition) is 2. The highest BCUT2D eigenvalue weighted by atomic mass is 16.6. The van der Waals surface area contributed by atoms with E-state index in [0.717, 1.165) is 16.5 Å². The fraction of sp³-hybridized carbons (Fsp3) is 0.182. The molecule has 0 spiro atoms. The van der Waals surface area contributed by atoms with Crippen molar-refractivity contribution in [2.24, 2.45) is 0 Å². The van der Waals surface area contributed by atoms with Crippen molar-refractivity contribution < 1.29 is 14.9 Å². The first-order valence-corrected chi connectivity index (χ1v) is 8.63. The maximum atomic E-state index is 10.5. The molecule has 4 atom stereocenters. The molecule has 1 saturated heterocycles. The molecule has 0 unspecified atom stereocenters. The van der Waals surface area contributed by atoms with Crippen molar-refractivity contribution in [1.82, 2.24) is 0 Å². The largest absolute Gasteiger partial charge is 0.387 e. The maximum absolute atomic E-state index is 10.5. The van der Waals surface area contributed by atoms with Gasteiger partial charge in [0.25, 0.3) is 0 Å². The second kappa shape index (κ2) is 4.58. The van der Waals surface area contributed by atoms with Crippen molar-refractivity contribution in [2.45, 2.75) is 24.4 Å². The average Bonchev–Trinajstić information content (AvgIpc) is 3.46. The summed E-state index contributed by atoms with van der Waals surface area (Å²) in [5, 5.41) is 27.9. The van der Waals surface area contributed by atoms with Crippen LogP contribution in [0.3, 0.4) is 0 Å². The maximum Gasteiger partial charge on any atom is 0.118 e. The normalized spacial score (nSPS) is 27.4. The molecule has 0 aromatic heterocycles. The molecule has 0 bridgehead atoms. The fourth-order valence-corrected chi connectivity index (χ4v) is 4.58. The van der Waals surface area contributed by atoms with Crippen molar-refractivity contribution in [3.8, 4) is 0 Å². The molecular formula is C22H16O3. The smallest absolute Gasteiger partial charge is 0.118 e. The number of epoxide rings is 1. The molecule has 122 valence electrons. The predicted molar refractivity (Wildman–Crippen MR) is 97.5 cm³/mol. The second-order valence-corrected chi connectivity index (χ2v) is 7.04. The van der Waals surface area contributed by atoms with Gasteiger partial charge in [-0.2, -0.15) is 0 Å². The Morgan fingerprint density at radius 2 is 1.24 bits per heavy atom. The van der Waals surface area contributed by atoms with Gasteiger partial charge in [0.15, 0.2) is 0 Å². The van der Waals surface area contributed by atoms with Crippen LogP contribution in [-0.4, -0.2) is 22.4 Å². The summed E-state index contributed by atoms with van der Waals surface area (Å²) in [5.74, 6) is 0. The standard InChI is InChI=1S/C22H16O3/c23-19-16-10-9-15-13-7-2-1-5-11(13)12-6-3-4-8-14(12)17(15)18(16)21-22(25-21)20(19)24/h1-10,19-24H/t19-,20+,21-,22+/m0/s1. The van der Waals surface area contributed by atoms with E-state index in [1.54, 1.807) is 0 Å². The Bertz CT molecular complexity index is 1140. The van der Waals surface area contributed by atoms with Crippen molar-refractivity contribution in [1.29, 1.82) is 0 Å². The number of aliphatic hydroxyl groups is 2. The number of benzene rings is 4. The monoisotopic (exact) mass is 328 g/mol. The summed E-state index contributed by atoms with van der Waals surface area (Å²) in [5.41, 5.74) is 1.83. The fourth-order valence-electron chi connectivity index (χ4n) is 4.58. The highest BCUT2D eigenvalue weighted by Gasteiger charge is 2.54. The van der Waals surface area contributed by atoms with E-state index in [1.165, 1.54) is 26.9 Å². The second-order valence-electron chi connectivity index (χ2n) is 7.04. The van der Waals surface area contributed by atoms with Crippen LogP contribution in [0.4, 0.5) is 0 Å². The van der Waals surface area contributed by atoms with Gasteiger partial charge >= 0.3 is 0 Å². The van der Waals surface area contributed by atoms with Gasteiger partial charge in [-0.1, -0.05) is 60.7 Å². The first kappa shape index (κ1) is 13.8. The van der Waals surface area contributed by atoms with E-state index in [9.17, 15) is 10.2 Å². The Labute approximate surface area is 144 Å². The lowest BCUT2D eigenvalue weighted by molar-refractivity contribution is 0.000110.